The Hall–Kier alpha value is -1.51. The summed E-state index contributed by atoms with van der Waals surface area (Å²) in [4.78, 5) is 11.6. The summed E-state index contributed by atoms with van der Waals surface area (Å²) < 4.78 is 10.4. The second kappa shape index (κ2) is 17.6. The molecule has 0 aromatic rings. The number of allylic oxidation sites excluding steroid dienone is 6. The predicted molar refractivity (Wildman–Crippen MR) is 121 cm³/mol. The van der Waals surface area contributed by atoms with Crippen LogP contribution in [0.25, 0.3) is 0 Å². The van der Waals surface area contributed by atoms with Crippen molar-refractivity contribution in [2.75, 3.05) is 6.61 Å². The molecular formula is C25H44O3. The number of carbonyl (C=O) groups excluding carboxylic acids is 1. The van der Waals surface area contributed by atoms with Gasteiger partial charge in [0.1, 0.15) is 5.60 Å². The molecule has 0 aliphatic carbocycles. The Labute approximate surface area is 174 Å². The Bertz CT molecular complexity index is 455. The van der Waals surface area contributed by atoms with Gasteiger partial charge in [0.2, 0.25) is 0 Å². The number of hydrogen-bond donors (Lipinski definition) is 0. The van der Waals surface area contributed by atoms with Crippen molar-refractivity contribution >= 4 is 6.16 Å². The molecule has 1 unspecified atom stereocenters. The van der Waals surface area contributed by atoms with E-state index in [-0.39, 0.29) is 0 Å². The molecule has 28 heavy (non-hydrogen) atoms. The number of hydrogen-bond acceptors (Lipinski definition) is 3. The van der Waals surface area contributed by atoms with Gasteiger partial charge in [-0.25, -0.2) is 4.79 Å². The molecule has 0 aliphatic rings. The van der Waals surface area contributed by atoms with Crippen LogP contribution in [0, 0.1) is 5.92 Å². The molecule has 162 valence electrons. The van der Waals surface area contributed by atoms with E-state index in [1.165, 1.54) is 32.1 Å². The second-order valence-corrected chi connectivity index (χ2v) is 8.34. The second-order valence-electron chi connectivity index (χ2n) is 8.34. The normalized spacial score (nSPS) is 13.6. The topological polar surface area (TPSA) is 35.5 Å². The van der Waals surface area contributed by atoms with E-state index in [1.54, 1.807) is 0 Å². The van der Waals surface area contributed by atoms with Gasteiger partial charge in [-0.15, -0.1) is 0 Å². The number of carbonyl (C=O) groups is 1. The zero-order valence-corrected chi connectivity index (χ0v) is 19.0. The van der Waals surface area contributed by atoms with E-state index < -0.39 is 11.8 Å². The standard InChI is InChI=1S/C25H44O3/c1-6-8-9-10-11-12-13-14-15-16-17-18-19-20-21-23(7-2)22-27-24(26)28-25(3,4)5/h8-9,11-12,14-15,23H,6-7,10,13,16-22H2,1-5H3. The molecule has 0 N–H and O–H groups in total. The minimum atomic E-state index is -0.551. The van der Waals surface area contributed by atoms with E-state index in [2.05, 4.69) is 50.3 Å². The van der Waals surface area contributed by atoms with Crippen molar-refractivity contribution in [1.29, 1.82) is 0 Å². The molecule has 0 radical (unpaired) electrons. The van der Waals surface area contributed by atoms with Gasteiger partial charge >= 0.3 is 6.16 Å². The lowest BCUT2D eigenvalue weighted by molar-refractivity contribution is -0.0139. The molecule has 0 aromatic carbocycles. The van der Waals surface area contributed by atoms with E-state index in [0.717, 1.165) is 32.1 Å². The highest BCUT2D eigenvalue weighted by Crippen LogP contribution is 2.16. The van der Waals surface area contributed by atoms with Crippen LogP contribution in [0.4, 0.5) is 4.79 Å². The fourth-order valence-corrected chi connectivity index (χ4v) is 2.75. The van der Waals surface area contributed by atoms with Crippen molar-refractivity contribution in [2.45, 2.75) is 104 Å². The lowest BCUT2D eigenvalue weighted by Crippen LogP contribution is -2.25. The molecule has 0 fully saturated rings. The Kier molecular flexibility index (Phi) is 16.6. The summed E-state index contributed by atoms with van der Waals surface area (Å²) in [6, 6.07) is 0. The number of unbranched alkanes of at least 4 members (excludes halogenated alkanes) is 4. The summed E-state index contributed by atoms with van der Waals surface area (Å²) in [5, 5.41) is 0. The summed E-state index contributed by atoms with van der Waals surface area (Å²) in [5.41, 5.74) is -0.491. The van der Waals surface area contributed by atoms with Crippen LogP contribution in [0.3, 0.4) is 0 Å². The first-order valence-electron chi connectivity index (χ1n) is 11.2. The first-order chi connectivity index (χ1) is 13.4. The molecule has 0 bridgehead atoms. The van der Waals surface area contributed by atoms with Crippen LogP contribution in [-0.4, -0.2) is 18.4 Å². The highest BCUT2D eigenvalue weighted by Gasteiger charge is 2.18. The first kappa shape index (κ1) is 26.5. The van der Waals surface area contributed by atoms with Crippen LogP contribution in [0.15, 0.2) is 36.5 Å². The van der Waals surface area contributed by atoms with Gasteiger partial charge in [-0.1, -0.05) is 76.0 Å². The quantitative estimate of drug-likeness (QED) is 0.160. The third-order valence-corrected chi connectivity index (χ3v) is 4.42. The summed E-state index contributed by atoms with van der Waals surface area (Å²) in [6.07, 6.45) is 24.4. The van der Waals surface area contributed by atoms with Crippen molar-refractivity contribution in [1.82, 2.24) is 0 Å². The van der Waals surface area contributed by atoms with E-state index in [9.17, 15) is 4.79 Å². The van der Waals surface area contributed by atoms with Gasteiger partial charge in [0.25, 0.3) is 0 Å². The zero-order chi connectivity index (χ0) is 21.1. The highest BCUT2D eigenvalue weighted by atomic mass is 16.7. The Balaban J connectivity index is 3.63. The molecule has 1 atom stereocenters. The molecule has 3 heteroatoms. The maximum atomic E-state index is 11.6. The maximum Gasteiger partial charge on any atom is 0.508 e. The summed E-state index contributed by atoms with van der Waals surface area (Å²) >= 11 is 0. The maximum absolute atomic E-state index is 11.6. The van der Waals surface area contributed by atoms with Gasteiger partial charge < -0.3 is 9.47 Å². The van der Waals surface area contributed by atoms with Crippen molar-refractivity contribution in [3.63, 3.8) is 0 Å². The third kappa shape index (κ3) is 19.3. The van der Waals surface area contributed by atoms with Crippen molar-refractivity contribution in [3.05, 3.63) is 36.5 Å². The van der Waals surface area contributed by atoms with E-state index >= 15 is 0 Å². The van der Waals surface area contributed by atoms with Crippen molar-refractivity contribution < 1.29 is 14.3 Å². The largest absolute Gasteiger partial charge is 0.508 e. The Morgan fingerprint density at radius 2 is 1.46 bits per heavy atom. The first-order valence-corrected chi connectivity index (χ1v) is 11.2. The number of ether oxygens (including phenoxy) is 2. The van der Waals surface area contributed by atoms with Gasteiger partial charge in [-0.3, -0.25) is 0 Å². The van der Waals surface area contributed by atoms with Crippen LogP contribution in [0.5, 0.6) is 0 Å². The Morgan fingerprint density at radius 3 is 2.07 bits per heavy atom. The predicted octanol–water partition coefficient (Wildman–Crippen LogP) is 8.16. The molecular weight excluding hydrogens is 348 g/mol. The Morgan fingerprint density at radius 1 is 0.857 bits per heavy atom. The lowest BCUT2D eigenvalue weighted by Gasteiger charge is -2.20. The summed E-state index contributed by atoms with van der Waals surface area (Å²) in [6.45, 7) is 10.3. The van der Waals surface area contributed by atoms with Crippen LogP contribution in [0.2, 0.25) is 0 Å². The van der Waals surface area contributed by atoms with E-state index in [0.29, 0.717) is 12.5 Å². The van der Waals surface area contributed by atoms with Crippen LogP contribution < -0.4 is 0 Å². The molecule has 0 saturated carbocycles. The molecule has 0 rings (SSSR count). The SMILES string of the molecule is CCC=CCC=CCC=CCCCCCCC(CC)COC(=O)OC(C)(C)C. The third-order valence-electron chi connectivity index (χ3n) is 4.42. The highest BCUT2D eigenvalue weighted by molar-refractivity contribution is 5.60. The molecule has 0 aliphatic heterocycles. The molecule has 3 nitrogen and oxygen atoms in total. The summed E-state index contributed by atoms with van der Waals surface area (Å²) in [7, 11) is 0. The van der Waals surface area contributed by atoms with Gasteiger partial charge in [0.15, 0.2) is 0 Å². The fourth-order valence-electron chi connectivity index (χ4n) is 2.75. The van der Waals surface area contributed by atoms with Crippen molar-refractivity contribution in [3.8, 4) is 0 Å². The minimum absolute atomic E-state index is 0.436. The summed E-state index contributed by atoms with van der Waals surface area (Å²) in [5.74, 6) is 0.436. The van der Waals surface area contributed by atoms with Crippen LogP contribution in [0.1, 0.15) is 98.8 Å². The molecule has 0 aromatic heterocycles. The van der Waals surface area contributed by atoms with Crippen LogP contribution >= 0.6 is 0 Å². The average Bonchev–Trinajstić information content (AvgIpc) is 2.63. The molecule has 0 spiro atoms. The minimum Gasteiger partial charge on any atom is -0.434 e. The molecule has 0 heterocycles. The van der Waals surface area contributed by atoms with Gasteiger partial charge in [-0.2, -0.15) is 0 Å². The van der Waals surface area contributed by atoms with Crippen molar-refractivity contribution in [2.24, 2.45) is 5.92 Å². The van der Waals surface area contributed by atoms with Gasteiger partial charge in [0.05, 0.1) is 6.61 Å². The monoisotopic (exact) mass is 392 g/mol. The van der Waals surface area contributed by atoms with E-state index in [4.69, 9.17) is 9.47 Å². The average molecular weight is 393 g/mol. The van der Waals surface area contributed by atoms with Crippen LogP contribution in [-0.2, 0) is 9.47 Å². The molecule has 0 saturated heterocycles. The van der Waals surface area contributed by atoms with Gasteiger partial charge in [0, 0.05) is 0 Å². The molecule has 0 amide bonds. The zero-order valence-electron chi connectivity index (χ0n) is 19.0. The number of rotatable bonds is 15. The lowest BCUT2D eigenvalue weighted by atomic mass is 9.99. The van der Waals surface area contributed by atoms with E-state index in [1.807, 2.05) is 20.8 Å². The fraction of sp³-hybridized carbons (Fsp3) is 0.720. The smallest absolute Gasteiger partial charge is 0.434 e. The van der Waals surface area contributed by atoms with Gasteiger partial charge in [-0.05, 0) is 65.2 Å².